The molecule has 2 amide bonds. The third-order valence-electron chi connectivity index (χ3n) is 4.20. The molecule has 0 aliphatic heterocycles. The normalized spacial score (nSPS) is 11.4. The number of aromatic nitrogens is 1. The number of hydrogen-bond donors (Lipinski definition) is 1. The second-order valence-corrected chi connectivity index (χ2v) is 7.19. The van der Waals surface area contributed by atoms with Crippen molar-refractivity contribution >= 4 is 51.5 Å². The van der Waals surface area contributed by atoms with Crippen LogP contribution in [-0.4, -0.2) is 35.3 Å². The molecular weight excluding hydrogens is 442 g/mol. The summed E-state index contributed by atoms with van der Waals surface area (Å²) in [5.41, 5.74) is -1.12. The minimum Gasteiger partial charge on any atom is -0.331 e. The van der Waals surface area contributed by atoms with E-state index in [1.807, 2.05) is 0 Å². The Labute approximate surface area is 179 Å². The highest BCUT2D eigenvalue weighted by Gasteiger charge is 2.33. The molecule has 0 spiro atoms. The van der Waals surface area contributed by atoms with E-state index in [0.717, 1.165) is 17.0 Å². The van der Waals surface area contributed by atoms with Gasteiger partial charge >= 0.3 is 6.18 Å². The average Bonchev–Trinajstić information content (AvgIpc) is 2.67. The molecule has 0 unspecified atom stereocenters. The fourth-order valence-electron chi connectivity index (χ4n) is 2.77. The molecule has 0 radical (unpaired) electrons. The maximum Gasteiger partial charge on any atom is 0.417 e. The highest BCUT2D eigenvalue weighted by atomic mass is 35.5. The Morgan fingerprint density at radius 3 is 2.50 bits per heavy atom. The van der Waals surface area contributed by atoms with Gasteiger partial charge in [-0.2, -0.15) is 13.2 Å². The van der Waals surface area contributed by atoms with Crippen LogP contribution in [0.2, 0.25) is 10.2 Å². The van der Waals surface area contributed by atoms with Crippen molar-refractivity contribution in [2.24, 2.45) is 0 Å². The van der Waals surface area contributed by atoms with E-state index in [9.17, 15) is 22.8 Å². The number of hydrogen-bond acceptors (Lipinski definition) is 3. The minimum atomic E-state index is -4.66. The number of nitrogens with zero attached hydrogens (tertiary/aromatic N) is 2. The summed E-state index contributed by atoms with van der Waals surface area (Å²) in [5, 5.41) is 3.38. The van der Waals surface area contributed by atoms with E-state index in [1.165, 1.54) is 13.1 Å². The predicted molar refractivity (Wildman–Crippen MR) is 109 cm³/mol. The van der Waals surface area contributed by atoms with Gasteiger partial charge < -0.3 is 10.2 Å². The van der Waals surface area contributed by atoms with Crippen LogP contribution >= 0.6 is 23.2 Å². The van der Waals surface area contributed by atoms with Crippen molar-refractivity contribution in [1.82, 2.24) is 9.88 Å². The van der Waals surface area contributed by atoms with Crippen LogP contribution in [0.15, 0.2) is 48.5 Å². The minimum absolute atomic E-state index is 0.0415. The Kier molecular flexibility index (Phi) is 6.19. The first-order chi connectivity index (χ1) is 14.1. The van der Waals surface area contributed by atoms with Gasteiger partial charge in [-0.3, -0.25) is 9.59 Å². The van der Waals surface area contributed by atoms with Crippen molar-refractivity contribution in [3.05, 3.63) is 70.0 Å². The van der Waals surface area contributed by atoms with Crippen molar-refractivity contribution in [2.45, 2.75) is 6.18 Å². The van der Waals surface area contributed by atoms with Crippen molar-refractivity contribution in [3.63, 3.8) is 0 Å². The summed E-state index contributed by atoms with van der Waals surface area (Å²) in [6, 6.07) is 11.7. The molecule has 0 saturated heterocycles. The number of halogens is 5. The van der Waals surface area contributed by atoms with E-state index < -0.39 is 35.1 Å². The molecule has 3 rings (SSSR count). The maximum absolute atomic E-state index is 12.9. The lowest BCUT2D eigenvalue weighted by Crippen LogP contribution is -2.35. The molecule has 10 heteroatoms. The molecule has 0 aliphatic rings. The Morgan fingerprint density at radius 2 is 1.80 bits per heavy atom. The topological polar surface area (TPSA) is 62.3 Å². The van der Waals surface area contributed by atoms with Gasteiger partial charge in [-0.25, -0.2) is 4.98 Å². The Bertz CT molecular complexity index is 1140. The molecule has 0 bridgehead atoms. The molecule has 5 nitrogen and oxygen atoms in total. The van der Waals surface area contributed by atoms with E-state index in [-0.39, 0.29) is 16.5 Å². The Balaban J connectivity index is 1.72. The molecule has 0 atom stereocenters. The quantitative estimate of drug-likeness (QED) is 0.545. The lowest BCUT2D eigenvalue weighted by molar-refractivity contribution is -0.137. The van der Waals surface area contributed by atoms with E-state index in [2.05, 4.69) is 10.3 Å². The lowest BCUT2D eigenvalue weighted by atomic mass is 10.1. The molecular formula is C20H14Cl2F3N3O2. The van der Waals surface area contributed by atoms with Crippen LogP contribution in [0.5, 0.6) is 0 Å². The molecule has 156 valence electrons. The van der Waals surface area contributed by atoms with Crippen molar-refractivity contribution in [3.8, 4) is 0 Å². The maximum atomic E-state index is 12.9. The number of amides is 2. The molecule has 0 aliphatic carbocycles. The number of likely N-dealkylation sites (N-methyl/N-ethyl adjacent to an activating group) is 1. The van der Waals surface area contributed by atoms with Gasteiger partial charge in [0, 0.05) is 18.1 Å². The molecule has 1 aromatic heterocycles. The van der Waals surface area contributed by atoms with E-state index in [4.69, 9.17) is 23.2 Å². The molecule has 0 saturated carbocycles. The molecule has 1 N–H and O–H groups in total. The zero-order chi connectivity index (χ0) is 22.1. The number of rotatable bonds is 4. The fourth-order valence-corrected chi connectivity index (χ4v) is 3.26. The Hall–Kier alpha value is -2.84. The van der Waals surface area contributed by atoms with Crippen LogP contribution < -0.4 is 5.32 Å². The van der Waals surface area contributed by atoms with E-state index in [0.29, 0.717) is 10.8 Å². The van der Waals surface area contributed by atoms with Crippen LogP contribution in [0.1, 0.15) is 16.1 Å². The summed E-state index contributed by atoms with van der Waals surface area (Å²) in [4.78, 5) is 30.0. The van der Waals surface area contributed by atoms with Gasteiger partial charge in [0.15, 0.2) is 0 Å². The first-order valence-corrected chi connectivity index (χ1v) is 9.29. The van der Waals surface area contributed by atoms with Gasteiger partial charge in [0.1, 0.15) is 10.8 Å². The van der Waals surface area contributed by atoms with Crippen LogP contribution in [0.4, 0.5) is 18.9 Å². The van der Waals surface area contributed by atoms with Crippen LogP contribution in [0.25, 0.3) is 10.8 Å². The van der Waals surface area contributed by atoms with Gasteiger partial charge in [0.05, 0.1) is 17.1 Å². The molecule has 2 aromatic carbocycles. The third-order valence-corrected chi connectivity index (χ3v) is 4.81. The van der Waals surface area contributed by atoms with E-state index >= 15 is 0 Å². The summed E-state index contributed by atoms with van der Waals surface area (Å²) in [7, 11) is 1.37. The van der Waals surface area contributed by atoms with Crippen molar-refractivity contribution in [2.75, 3.05) is 18.9 Å². The molecule has 1 heterocycles. The first kappa shape index (κ1) is 21.9. The zero-order valence-corrected chi connectivity index (χ0v) is 16.9. The summed E-state index contributed by atoms with van der Waals surface area (Å²) in [6.45, 7) is -0.408. The van der Waals surface area contributed by atoms with Gasteiger partial charge in [-0.1, -0.05) is 47.5 Å². The molecule has 3 aromatic rings. The monoisotopic (exact) mass is 455 g/mol. The summed E-state index contributed by atoms with van der Waals surface area (Å²) >= 11 is 11.7. The second-order valence-electron chi connectivity index (χ2n) is 6.42. The smallest absolute Gasteiger partial charge is 0.331 e. The number of anilines is 1. The summed E-state index contributed by atoms with van der Waals surface area (Å²) in [5.74, 6) is -1.25. The Morgan fingerprint density at radius 1 is 1.10 bits per heavy atom. The second kappa shape index (κ2) is 8.49. The van der Waals surface area contributed by atoms with Gasteiger partial charge in [0.2, 0.25) is 5.91 Å². The number of carbonyl (C=O) groups is 2. The summed E-state index contributed by atoms with van der Waals surface area (Å²) in [6.07, 6.45) is -4.66. The number of nitrogens with one attached hydrogen (secondary N) is 1. The zero-order valence-electron chi connectivity index (χ0n) is 15.4. The first-order valence-electron chi connectivity index (χ1n) is 8.53. The highest BCUT2D eigenvalue weighted by molar-refractivity contribution is 6.34. The number of alkyl halides is 3. The van der Waals surface area contributed by atoms with E-state index in [1.54, 1.807) is 30.3 Å². The standard InChI is InChI=1S/C20H14Cl2F3N3O2/c1-28(19(30)16-8-11-4-2-3-5-13(11)18(22)27-16)10-17(29)26-12-6-7-15(21)14(9-12)20(23,24)25/h2-9H,10H2,1H3,(H,26,29). The van der Waals surface area contributed by atoms with Gasteiger partial charge in [0.25, 0.3) is 5.91 Å². The molecule has 0 fully saturated rings. The predicted octanol–water partition coefficient (Wildman–Crippen LogP) is 5.27. The van der Waals surface area contributed by atoms with Crippen LogP contribution in [0.3, 0.4) is 0 Å². The van der Waals surface area contributed by atoms with Gasteiger partial charge in [-0.05, 0) is 29.7 Å². The highest BCUT2D eigenvalue weighted by Crippen LogP contribution is 2.36. The number of fused-ring (bicyclic) bond motifs is 1. The van der Waals surface area contributed by atoms with Crippen LogP contribution in [0, 0.1) is 0 Å². The third kappa shape index (κ3) is 4.83. The number of benzene rings is 2. The largest absolute Gasteiger partial charge is 0.417 e. The number of pyridine rings is 1. The number of carbonyl (C=O) groups excluding carboxylic acids is 2. The van der Waals surface area contributed by atoms with Crippen molar-refractivity contribution < 1.29 is 22.8 Å². The van der Waals surface area contributed by atoms with Gasteiger partial charge in [-0.15, -0.1) is 0 Å². The SMILES string of the molecule is CN(CC(=O)Nc1ccc(Cl)c(C(F)(F)F)c1)C(=O)c1cc2ccccc2c(Cl)n1. The lowest BCUT2D eigenvalue weighted by Gasteiger charge is -2.17. The summed E-state index contributed by atoms with van der Waals surface area (Å²) < 4.78 is 38.8. The fraction of sp³-hybridized carbons (Fsp3) is 0.150. The van der Waals surface area contributed by atoms with Crippen molar-refractivity contribution in [1.29, 1.82) is 0 Å². The molecule has 30 heavy (non-hydrogen) atoms. The van der Waals surface area contributed by atoms with Crippen LogP contribution in [-0.2, 0) is 11.0 Å². The average molecular weight is 456 g/mol.